The number of anilines is 3. The Balaban J connectivity index is 1.38. The Morgan fingerprint density at radius 1 is 0.966 bits per heavy atom. The van der Waals surface area contributed by atoms with Crippen molar-refractivity contribution in [2.75, 3.05) is 41.3 Å². The topological polar surface area (TPSA) is 74.2 Å². The van der Waals surface area contributed by atoms with Crippen LogP contribution < -0.4 is 15.1 Å². The van der Waals surface area contributed by atoms with Gasteiger partial charge in [0.05, 0.1) is 28.7 Å². The first kappa shape index (κ1) is 19.1. The lowest BCUT2D eigenvalue weighted by Gasteiger charge is -2.35. The quantitative estimate of drug-likeness (QED) is 0.709. The predicted molar refractivity (Wildman–Crippen MR) is 110 cm³/mol. The number of amides is 1. The molecule has 1 N–H and O–H groups in total. The first-order valence-corrected chi connectivity index (χ1v) is 9.48. The molecule has 0 unspecified atom stereocenters. The summed E-state index contributed by atoms with van der Waals surface area (Å²) in [7, 11) is 0. The maximum absolute atomic E-state index is 13.9. The molecule has 0 aliphatic carbocycles. The Hall–Kier alpha value is -3.26. The number of carbonyl (C=O) groups is 1. The molecule has 1 aliphatic heterocycles. The number of halogens is 2. The van der Waals surface area contributed by atoms with Gasteiger partial charge in [-0.3, -0.25) is 4.79 Å². The van der Waals surface area contributed by atoms with E-state index in [-0.39, 0.29) is 10.6 Å². The van der Waals surface area contributed by atoms with Gasteiger partial charge in [0.25, 0.3) is 5.91 Å². The van der Waals surface area contributed by atoms with E-state index in [1.165, 1.54) is 30.6 Å². The van der Waals surface area contributed by atoms with Crippen LogP contribution in [0, 0.1) is 5.82 Å². The smallest absolute Gasteiger partial charge is 0.260 e. The predicted octanol–water partition coefficient (Wildman–Crippen LogP) is 3.24. The summed E-state index contributed by atoms with van der Waals surface area (Å²) in [5, 5.41) is 2.62. The third-order valence-electron chi connectivity index (χ3n) is 4.62. The second-order valence-electron chi connectivity index (χ2n) is 6.48. The molecule has 9 heteroatoms. The van der Waals surface area contributed by atoms with Crippen LogP contribution in [0.25, 0.3) is 0 Å². The number of hydrogen-bond donors (Lipinski definition) is 1. The molecule has 4 rings (SSSR count). The molecule has 3 heterocycles. The van der Waals surface area contributed by atoms with E-state index in [0.717, 1.165) is 32.0 Å². The van der Waals surface area contributed by atoms with Crippen molar-refractivity contribution in [3.05, 3.63) is 71.4 Å². The largest absolute Gasteiger partial charge is 0.353 e. The van der Waals surface area contributed by atoms with E-state index in [0.29, 0.717) is 11.6 Å². The van der Waals surface area contributed by atoms with Gasteiger partial charge in [-0.15, -0.1) is 0 Å². The van der Waals surface area contributed by atoms with Crippen molar-refractivity contribution < 1.29 is 9.18 Å². The molecule has 1 aromatic carbocycles. The molecule has 29 heavy (non-hydrogen) atoms. The van der Waals surface area contributed by atoms with Gasteiger partial charge < -0.3 is 15.1 Å². The number of piperazine rings is 1. The lowest BCUT2D eigenvalue weighted by Crippen LogP contribution is -2.47. The Morgan fingerprint density at radius 3 is 2.34 bits per heavy atom. The molecule has 148 valence electrons. The van der Waals surface area contributed by atoms with E-state index in [1.807, 2.05) is 18.2 Å². The van der Waals surface area contributed by atoms with Crippen LogP contribution >= 0.6 is 11.6 Å². The highest BCUT2D eigenvalue weighted by Crippen LogP contribution is 2.21. The lowest BCUT2D eigenvalue weighted by molar-refractivity contribution is 0.102. The summed E-state index contributed by atoms with van der Waals surface area (Å²) in [5.41, 5.74) is 0.161. The average molecular weight is 413 g/mol. The first-order valence-electron chi connectivity index (χ1n) is 9.10. The second kappa shape index (κ2) is 8.40. The van der Waals surface area contributed by atoms with Crippen molar-refractivity contribution in [1.82, 2.24) is 15.0 Å². The number of benzene rings is 1. The van der Waals surface area contributed by atoms with Crippen LogP contribution in [0.2, 0.25) is 5.02 Å². The highest BCUT2D eigenvalue weighted by molar-refractivity contribution is 6.34. The van der Waals surface area contributed by atoms with Crippen LogP contribution in [0.15, 0.2) is 55.0 Å². The minimum absolute atomic E-state index is 0.0471. The fourth-order valence-electron chi connectivity index (χ4n) is 3.13. The van der Waals surface area contributed by atoms with Crippen LogP contribution in [0.4, 0.5) is 21.8 Å². The molecule has 7 nitrogen and oxygen atoms in total. The standard InChI is InChI=1S/C20H18ClFN6O/c21-15-4-3-5-16(22)18(15)19(29)26-14-12-24-20(25-13-14)28-10-8-27(9-11-28)17-6-1-2-7-23-17/h1-7,12-13H,8-11H2,(H,26,29). The number of nitrogens with one attached hydrogen (secondary N) is 1. The van der Waals surface area contributed by atoms with E-state index >= 15 is 0 Å². The fourth-order valence-corrected chi connectivity index (χ4v) is 3.38. The summed E-state index contributed by atoms with van der Waals surface area (Å²) in [6.45, 7) is 3.13. The summed E-state index contributed by atoms with van der Waals surface area (Å²) >= 11 is 5.93. The van der Waals surface area contributed by atoms with Crippen LogP contribution in [-0.4, -0.2) is 47.0 Å². The van der Waals surface area contributed by atoms with E-state index < -0.39 is 11.7 Å². The first-order chi connectivity index (χ1) is 14.1. The van der Waals surface area contributed by atoms with E-state index in [9.17, 15) is 9.18 Å². The Bertz CT molecular complexity index is 973. The molecule has 0 atom stereocenters. The molecule has 3 aromatic rings. The Morgan fingerprint density at radius 2 is 1.69 bits per heavy atom. The molecule has 1 fully saturated rings. The molecular formula is C20H18ClFN6O. The minimum atomic E-state index is -0.682. The van der Waals surface area contributed by atoms with Crippen molar-refractivity contribution >= 4 is 35.0 Å². The van der Waals surface area contributed by atoms with Crippen molar-refractivity contribution in [2.45, 2.75) is 0 Å². The van der Waals surface area contributed by atoms with Gasteiger partial charge in [-0.05, 0) is 24.3 Å². The van der Waals surface area contributed by atoms with Gasteiger partial charge in [0.15, 0.2) is 0 Å². The van der Waals surface area contributed by atoms with Crippen LogP contribution in [0.5, 0.6) is 0 Å². The molecule has 0 saturated carbocycles. The zero-order valence-corrected chi connectivity index (χ0v) is 16.2. The van der Waals surface area contributed by atoms with E-state index in [2.05, 4.69) is 30.1 Å². The van der Waals surface area contributed by atoms with E-state index in [4.69, 9.17) is 11.6 Å². The fraction of sp³-hybridized carbons (Fsp3) is 0.200. The summed E-state index contributed by atoms with van der Waals surface area (Å²) in [5.74, 6) is 0.206. The second-order valence-corrected chi connectivity index (χ2v) is 6.89. The molecule has 1 saturated heterocycles. The minimum Gasteiger partial charge on any atom is -0.353 e. The summed E-state index contributed by atoms with van der Waals surface area (Å²) in [4.78, 5) is 29.6. The van der Waals surface area contributed by atoms with Gasteiger partial charge >= 0.3 is 0 Å². The highest BCUT2D eigenvalue weighted by atomic mass is 35.5. The summed E-state index contributed by atoms with van der Waals surface area (Å²) in [6, 6.07) is 9.95. The number of carbonyl (C=O) groups excluding carboxylic acids is 1. The normalized spacial score (nSPS) is 14.0. The zero-order chi connectivity index (χ0) is 20.2. The van der Waals surface area contributed by atoms with E-state index in [1.54, 1.807) is 6.20 Å². The Labute approximate surface area is 172 Å². The van der Waals surface area contributed by atoms with Gasteiger partial charge in [0, 0.05) is 32.4 Å². The van der Waals surface area contributed by atoms with Gasteiger partial charge in [0.2, 0.25) is 5.95 Å². The van der Waals surface area contributed by atoms with Crippen LogP contribution in [0.1, 0.15) is 10.4 Å². The third-order valence-corrected chi connectivity index (χ3v) is 4.94. The maximum Gasteiger partial charge on any atom is 0.260 e. The van der Waals surface area contributed by atoms with Gasteiger partial charge in [-0.2, -0.15) is 0 Å². The number of nitrogens with zero attached hydrogens (tertiary/aromatic N) is 5. The van der Waals surface area contributed by atoms with Crippen molar-refractivity contribution in [2.24, 2.45) is 0 Å². The van der Waals surface area contributed by atoms with Crippen LogP contribution in [-0.2, 0) is 0 Å². The average Bonchev–Trinajstić information content (AvgIpc) is 2.75. The van der Waals surface area contributed by atoms with Gasteiger partial charge in [-0.1, -0.05) is 23.7 Å². The van der Waals surface area contributed by atoms with Crippen molar-refractivity contribution in [3.63, 3.8) is 0 Å². The van der Waals surface area contributed by atoms with Crippen molar-refractivity contribution in [3.8, 4) is 0 Å². The Kier molecular flexibility index (Phi) is 5.53. The molecule has 0 spiro atoms. The molecule has 2 aromatic heterocycles. The molecule has 0 radical (unpaired) electrons. The summed E-state index contributed by atoms with van der Waals surface area (Å²) < 4.78 is 13.9. The molecule has 0 bridgehead atoms. The monoisotopic (exact) mass is 412 g/mol. The lowest BCUT2D eigenvalue weighted by atomic mass is 10.2. The number of hydrogen-bond acceptors (Lipinski definition) is 6. The number of pyridine rings is 1. The summed E-state index contributed by atoms with van der Waals surface area (Å²) in [6.07, 6.45) is 4.78. The number of rotatable bonds is 4. The van der Waals surface area contributed by atoms with Gasteiger partial charge in [-0.25, -0.2) is 19.3 Å². The SMILES string of the molecule is O=C(Nc1cnc(N2CCN(c3ccccn3)CC2)nc1)c1c(F)cccc1Cl. The number of aromatic nitrogens is 3. The van der Waals surface area contributed by atoms with Crippen molar-refractivity contribution in [1.29, 1.82) is 0 Å². The maximum atomic E-state index is 13.9. The zero-order valence-electron chi connectivity index (χ0n) is 15.4. The third kappa shape index (κ3) is 4.27. The van der Waals surface area contributed by atoms with Crippen LogP contribution in [0.3, 0.4) is 0 Å². The molecular weight excluding hydrogens is 395 g/mol. The highest BCUT2D eigenvalue weighted by Gasteiger charge is 2.20. The van der Waals surface area contributed by atoms with Gasteiger partial charge in [0.1, 0.15) is 11.6 Å². The molecule has 1 amide bonds. The molecule has 1 aliphatic rings.